The van der Waals surface area contributed by atoms with Crippen LogP contribution in [0.25, 0.3) is 0 Å². The molecule has 0 saturated heterocycles. The number of hydrogen-bond donors (Lipinski definition) is 1. The van der Waals surface area contributed by atoms with Crippen molar-refractivity contribution >= 4 is 7.82 Å². The largest absolute Gasteiger partial charge is 0.527 e. The third-order valence-corrected chi connectivity index (χ3v) is 4.82. The second kappa shape index (κ2) is 9.76. The summed E-state index contributed by atoms with van der Waals surface area (Å²) >= 11 is 0. The summed E-state index contributed by atoms with van der Waals surface area (Å²) < 4.78 is 22.1. The van der Waals surface area contributed by atoms with E-state index in [2.05, 4.69) is 26.0 Å². The summed E-state index contributed by atoms with van der Waals surface area (Å²) in [5, 5.41) is 0. The molecular weight excluding hydrogens is 335 g/mol. The van der Waals surface area contributed by atoms with Gasteiger partial charge in [0.15, 0.2) is 0 Å². The summed E-state index contributed by atoms with van der Waals surface area (Å²) in [6.45, 7) is 4.43. The van der Waals surface area contributed by atoms with Crippen molar-refractivity contribution in [3.63, 3.8) is 0 Å². The van der Waals surface area contributed by atoms with E-state index in [0.717, 1.165) is 31.2 Å². The minimum Gasteiger partial charge on any atom is -0.404 e. The van der Waals surface area contributed by atoms with Crippen molar-refractivity contribution in [1.29, 1.82) is 0 Å². The Morgan fingerprint density at radius 1 is 0.960 bits per heavy atom. The molecule has 5 heteroatoms. The maximum Gasteiger partial charge on any atom is 0.527 e. The maximum atomic E-state index is 11.9. The number of rotatable bonds is 10. The van der Waals surface area contributed by atoms with Gasteiger partial charge in [-0.3, -0.25) is 9.42 Å². The quantitative estimate of drug-likeness (QED) is 0.454. The van der Waals surface area contributed by atoms with Crippen LogP contribution in [0, 0.1) is 5.92 Å². The van der Waals surface area contributed by atoms with E-state index < -0.39 is 7.82 Å². The van der Waals surface area contributed by atoms with Gasteiger partial charge in [-0.2, -0.15) is 0 Å². The predicted octanol–water partition coefficient (Wildman–Crippen LogP) is 5.40. The van der Waals surface area contributed by atoms with Crippen LogP contribution >= 0.6 is 7.82 Å². The van der Waals surface area contributed by atoms with E-state index in [9.17, 15) is 9.46 Å². The fraction of sp³-hybridized carbons (Fsp3) is 0.400. The zero-order valence-electron chi connectivity index (χ0n) is 14.9. The van der Waals surface area contributed by atoms with Crippen LogP contribution in [0.3, 0.4) is 0 Å². The highest BCUT2D eigenvalue weighted by molar-refractivity contribution is 7.47. The molecule has 136 valence electrons. The normalized spacial score (nSPS) is 13.6. The number of benzene rings is 2. The Balaban J connectivity index is 1.79. The van der Waals surface area contributed by atoms with Gasteiger partial charge in [-0.25, -0.2) is 4.57 Å². The second-order valence-electron chi connectivity index (χ2n) is 6.56. The number of phosphoric acid groups is 1. The molecular formula is C20H27O4P. The lowest BCUT2D eigenvalue weighted by molar-refractivity contribution is 0.197. The number of hydrogen-bond acceptors (Lipinski definition) is 3. The Morgan fingerprint density at radius 2 is 1.56 bits per heavy atom. The van der Waals surface area contributed by atoms with Gasteiger partial charge in [-0.15, -0.1) is 0 Å². The Labute approximate surface area is 150 Å². The first-order valence-electron chi connectivity index (χ1n) is 8.74. The summed E-state index contributed by atoms with van der Waals surface area (Å²) in [7, 11) is -4.05. The molecule has 0 saturated carbocycles. The first-order valence-corrected chi connectivity index (χ1v) is 10.2. The molecule has 1 N–H and O–H groups in total. The smallest absolute Gasteiger partial charge is 0.404 e. The molecule has 4 nitrogen and oxygen atoms in total. The summed E-state index contributed by atoms with van der Waals surface area (Å²) in [5.41, 5.74) is 2.44. The molecule has 0 radical (unpaired) electrons. The van der Waals surface area contributed by atoms with Crippen LogP contribution in [0.5, 0.6) is 5.75 Å². The molecule has 2 rings (SSSR count). The lowest BCUT2D eigenvalue weighted by atomic mass is 10.0. The molecule has 0 aromatic heterocycles. The molecule has 0 aliphatic carbocycles. The van der Waals surface area contributed by atoms with E-state index in [1.807, 2.05) is 30.3 Å². The first kappa shape index (κ1) is 19.7. The first-order chi connectivity index (χ1) is 11.9. The van der Waals surface area contributed by atoms with Crippen LogP contribution in [0.1, 0.15) is 37.8 Å². The molecule has 1 atom stereocenters. The average Bonchev–Trinajstić information content (AvgIpc) is 2.59. The monoisotopic (exact) mass is 362 g/mol. The SMILES string of the molecule is CC(C)CCCOP(=O)(O)Oc1ccc(CCc2ccccc2)cc1. The third-order valence-electron chi connectivity index (χ3n) is 3.87. The Kier molecular flexibility index (Phi) is 7.70. The Bertz CT molecular complexity index is 668. The molecule has 2 aromatic carbocycles. The van der Waals surface area contributed by atoms with Crippen molar-refractivity contribution in [2.75, 3.05) is 6.61 Å². The van der Waals surface area contributed by atoms with Gasteiger partial charge in [0, 0.05) is 0 Å². The topological polar surface area (TPSA) is 55.8 Å². The molecule has 25 heavy (non-hydrogen) atoms. The van der Waals surface area contributed by atoms with E-state index in [-0.39, 0.29) is 6.61 Å². The van der Waals surface area contributed by atoms with E-state index >= 15 is 0 Å². The van der Waals surface area contributed by atoms with E-state index in [1.165, 1.54) is 5.56 Å². The van der Waals surface area contributed by atoms with Gasteiger partial charge in [0.05, 0.1) is 6.61 Å². The average molecular weight is 362 g/mol. The molecule has 0 heterocycles. The van der Waals surface area contributed by atoms with Crippen molar-refractivity contribution in [3.05, 3.63) is 65.7 Å². The Morgan fingerprint density at radius 3 is 2.16 bits per heavy atom. The summed E-state index contributed by atoms with van der Waals surface area (Å²) in [6.07, 6.45) is 3.56. The molecule has 0 fully saturated rings. The zero-order valence-corrected chi connectivity index (χ0v) is 15.8. The molecule has 0 aliphatic rings. The van der Waals surface area contributed by atoms with Crippen LogP contribution in [0.2, 0.25) is 0 Å². The van der Waals surface area contributed by atoms with E-state index in [0.29, 0.717) is 11.7 Å². The highest BCUT2D eigenvalue weighted by Gasteiger charge is 2.22. The van der Waals surface area contributed by atoms with Crippen molar-refractivity contribution < 1.29 is 18.5 Å². The number of phosphoric ester groups is 1. The van der Waals surface area contributed by atoms with Crippen LogP contribution < -0.4 is 4.52 Å². The summed E-state index contributed by atoms with van der Waals surface area (Å²) in [4.78, 5) is 9.77. The fourth-order valence-electron chi connectivity index (χ4n) is 2.48. The minimum absolute atomic E-state index is 0.223. The van der Waals surface area contributed by atoms with Gasteiger partial charge in [-0.1, -0.05) is 56.3 Å². The van der Waals surface area contributed by atoms with E-state index in [1.54, 1.807) is 12.1 Å². The van der Waals surface area contributed by atoms with Crippen LogP contribution in [0.15, 0.2) is 54.6 Å². The molecule has 0 amide bonds. The highest BCUT2D eigenvalue weighted by atomic mass is 31.2. The van der Waals surface area contributed by atoms with Crippen molar-refractivity contribution in [2.45, 2.75) is 39.5 Å². The van der Waals surface area contributed by atoms with Gasteiger partial charge in [0.25, 0.3) is 0 Å². The summed E-state index contributed by atoms with van der Waals surface area (Å²) in [5.74, 6) is 0.893. The number of aryl methyl sites for hydroxylation is 2. The van der Waals surface area contributed by atoms with Gasteiger partial charge < -0.3 is 4.52 Å². The van der Waals surface area contributed by atoms with Crippen LogP contribution in [-0.4, -0.2) is 11.5 Å². The van der Waals surface area contributed by atoms with Crippen LogP contribution in [0.4, 0.5) is 0 Å². The highest BCUT2D eigenvalue weighted by Crippen LogP contribution is 2.44. The molecule has 1 unspecified atom stereocenters. The van der Waals surface area contributed by atoms with Crippen molar-refractivity contribution in [3.8, 4) is 5.75 Å². The fourth-order valence-corrected chi connectivity index (χ4v) is 3.28. The minimum atomic E-state index is -4.05. The van der Waals surface area contributed by atoms with Gasteiger partial charge in [-0.05, 0) is 54.9 Å². The third kappa shape index (κ3) is 7.87. The lowest BCUT2D eigenvalue weighted by Crippen LogP contribution is -2.00. The summed E-state index contributed by atoms with van der Waals surface area (Å²) in [6, 6.07) is 17.5. The standard InChI is InChI=1S/C20H27O4P/c1-17(2)7-6-16-23-25(21,22)24-20-14-12-19(13-15-20)11-10-18-8-4-3-5-9-18/h3-5,8-9,12-15,17H,6-7,10-11,16H2,1-2H3,(H,21,22). The Hall–Kier alpha value is -1.61. The zero-order chi connectivity index (χ0) is 18.1. The van der Waals surface area contributed by atoms with Gasteiger partial charge in [0.2, 0.25) is 0 Å². The van der Waals surface area contributed by atoms with Crippen LogP contribution in [-0.2, 0) is 21.9 Å². The predicted molar refractivity (Wildman–Crippen MR) is 101 cm³/mol. The second-order valence-corrected chi connectivity index (χ2v) is 7.94. The molecule has 0 spiro atoms. The lowest BCUT2D eigenvalue weighted by Gasteiger charge is -2.13. The van der Waals surface area contributed by atoms with Crippen molar-refractivity contribution in [1.82, 2.24) is 0 Å². The molecule has 2 aromatic rings. The molecule has 0 bridgehead atoms. The van der Waals surface area contributed by atoms with Crippen molar-refractivity contribution in [2.24, 2.45) is 5.92 Å². The maximum absolute atomic E-state index is 11.9. The molecule has 0 aliphatic heterocycles. The van der Waals surface area contributed by atoms with E-state index in [4.69, 9.17) is 9.05 Å². The van der Waals surface area contributed by atoms with Gasteiger partial charge in [0.1, 0.15) is 5.75 Å². The van der Waals surface area contributed by atoms with Gasteiger partial charge >= 0.3 is 7.82 Å².